The predicted molar refractivity (Wildman–Crippen MR) is 74.1 cm³/mol. The minimum absolute atomic E-state index is 0.0412. The molecule has 0 saturated carbocycles. The van der Waals surface area contributed by atoms with Gasteiger partial charge < -0.3 is 5.11 Å². The topological polar surface area (TPSA) is 57.6 Å². The van der Waals surface area contributed by atoms with E-state index in [1.54, 1.807) is 0 Å². The lowest BCUT2D eigenvalue weighted by Gasteiger charge is -2.24. The Bertz CT molecular complexity index is 596. The zero-order chi connectivity index (χ0) is 15.5. The maximum absolute atomic E-state index is 13.9. The third-order valence-electron chi connectivity index (χ3n) is 3.67. The van der Waals surface area contributed by atoms with Crippen LogP contribution in [0.5, 0.6) is 0 Å². The fraction of sp³-hybridized carbons (Fsp3) is 0.571. The molecule has 0 radical (unpaired) electrons. The summed E-state index contributed by atoms with van der Waals surface area (Å²) in [4.78, 5) is -0.688. The quantitative estimate of drug-likeness (QED) is 0.931. The van der Waals surface area contributed by atoms with Gasteiger partial charge in [-0.15, -0.1) is 0 Å². The van der Waals surface area contributed by atoms with Crippen LogP contribution in [0.25, 0.3) is 0 Å². The van der Waals surface area contributed by atoms with Crippen molar-refractivity contribution in [2.45, 2.75) is 43.6 Å². The molecule has 0 atom stereocenters. The summed E-state index contributed by atoms with van der Waals surface area (Å²) >= 11 is 0. The van der Waals surface area contributed by atoms with E-state index in [4.69, 9.17) is 5.11 Å². The minimum Gasteiger partial charge on any atom is -0.392 e. The second-order valence-electron chi connectivity index (χ2n) is 5.22. The van der Waals surface area contributed by atoms with Gasteiger partial charge in [-0.2, -0.15) is 4.31 Å². The lowest BCUT2D eigenvalue weighted by atomic mass is 10.1. The molecular weight excluding hydrogens is 300 g/mol. The van der Waals surface area contributed by atoms with E-state index in [0.717, 1.165) is 31.4 Å². The van der Waals surface area contributed by atoms with E-state index < -0.39 is 33.2 Å². The van der Waals surface area contributed by atoms with Crippen LogP contribution in [0.3, 0.4) is 0 Å². The number of aliphatic hydroxyl groups excluding tert-OH is 1. The molecule has 1 heterocycles. The lowest BCUT2D eigenvalue weighted by Crippen LogP contribution is -2.34. The van der Waals surface area contributed by atoms with Gasteiger partial charge in [0.15, 0.2) is 11.6 Å². The Morgan fingerprint density at radius 1 is 1.05 bits per heavy atom. The van der Waals surface area contributed by atoms with E-state index in [-0.39, 0.29) is 5.56 Å². The molecule has 118 valence electrons. The molecule has 0 aromatic heterocycles. The van der Waals surface area contributed by atoms with Crippen LogP contribution in [0.2, 0.25) is 0 Å². The van der Waals surface area contributed by atoms with Crippen LogP contribution < -0.4 is 0 Å². The summed E-state index contributed by atoms with van der Waals surface area (Å²) < 4.78 is 53.7. The van der Waals surface area contributed by atoms with Crippen LogP contribution in [0.15, 0.2) is 17.0 Å². The van der Waals surface area contributed by atoms with Crippen molar-refractivity contribution >= 4 is 10.0 Å². The van der Waals surface area contributed by atoms with Crippen molar-refractivity contribution in [2.24, 2.45) is 0 Å². The molecule has 1 fully saturated rings. The first kappa shape index (κ1) is 16.3. The first-order chi connectivity index (χ1) is 9.96. The van der Waals surface area contributed by atoms with Gasteiger partial charge in [-0.1, -0.05) is 19.3 Å². The molecule has 2 rings (SSSR count). The van der Waals surface area contributed by atoms with Crippen molar-refractivity contribution < 1.29 is 22.3 Å². The molecule has 1 aromatic carbocycles. The molecule has 1 N–H and O–H groups in total. The van der Waals surface area contributed by atoms with Gasteiger partial charge in [-0.3, -0.25) is 0 Å². The van der Waals surface area contributed by atoms with Crippen LogP contribution in [0.1, 0.15) is 37.7 Å². The van der Waals surface area contributed by atoms with Gasteiger partial charge in [0.05, 0.1) is 6.61 Å². The highest BCUT2D eigenvalue weighted by Gasteiger charge is 2.29. The minimum atomic E-state index is -4.08. The fourth-order valence-corrected chi connectivity index (χ4v) is 4.14. The maximum Gasteiger partial charge on any atom is 0.246 e. The monoisotopic (exact) mass is 319 g/mol. The van der Waals surface area contributed by atoms with Gasteiger partial charge in [0.1, 0.15) is 4.90 Å². The van der Waals surface area contributed by atoms with Gasteiger partial charge in [-0.25, -0.2) is 17.2 Å². The molecule has 21 heavy (non-hydrogen) atoms. The normalized spacial score (nSPS) is 18.2. The number of benzene rings is 1. The Hall–Kier alpha value is -1.05. The number of nitrogens with zero attached hydrogens (tertiary/aromatic N) is 1. The SMILES string of the molecule is O=S(=O)(c1cc(CO)cc(F)c1F)N1CCCCCCC1. The summed E-state index contributed by atoms with van der Waals surface area (Å²) in [6.07, 6.45) is 4.35. The van der Waals surface area contributed by atoms with E-state index in [9.17, 15) is 17.2 Å². The predicted octanol–water partition coefficient (Wildman–Crippen LogP) is 2.41. The van der Waals surface area contributed by atoms with Crippen molar-refractivity contribution in [3.05, 3.63) is 29.3 Å². The van der Waals surface area contributed by atoms with Crippen LogP contribution in [0, 0.1) is 11.6 Å². The lowest BCUT2D eigenvalue weighted by molar-refractivity contribution is 0.280. The van der Waals surface area contributed by atoms with Crippen LogP contribution in [0.4, 0.5) is 8.78 Å². The number of hydrogen-bond acceptors (Lipinski definition) is 3. The number of rotatable bonds is 3. The highest BCUT2D eigenvalue weighted by atomic mass is 32.2. The smallest absolute Gasteiger partial charge is 0.246 e. The molecule has 0 unspecified atom stereocenters. The van der Waals surface area contributed by atoms with Gasteiger partial charge in [-0.05, 0) is 30.5 Å². The summed E-state index contributed by atoms with van der Waals surface area (Å²) in [5, 5.41) is 9.04. The first-order valence-corrected chi connectivity index (χ1v) is 8.49. The Kier molecular flexibility index (Phi) is 5.29. The molecule has 0 aliphatic carbocycles. The second-order valence-corrected chi connectivity index (χ2v) is 7.13. The van der Waals surface area contributed by atoms with Crippen molar-refractivity contribution in [1.29, 1.82) is 0 Å². The van der Waals surface area contributed by atoms with Crippen molar-refractivity contribution in [3.63, 3.8) is 0 Å². The maximum atomic E-state index is 13.9. The Balaban J connectivity index is 2.40. The zero-order valence-electron chi connectivity index (χ0n) is 11.7. The van der Waals surface area contributed by atoms with Crippen molar-refractivity contribution in [2.75, 3.05) is 13.1 Å². The van der Waals surface area contributed by atoms with Gasteiger partial charge >= 0.3 is 0 Å². The molecule has 0 amide bonds. The molecule has 7 heteroatoms. The number of halogens is 2. The third-order valence-corrected chi connectivity index (χ3v) is 5.57. The Labute approximate surface area is 123 Å². The summed E-state index contributed by atoms with van der Waals surface area (Å²) in [6, 6.07) is 1.81. The van der Waals surface area contributed by atoms with Crippen LogP contribution >= 0.6 is 0 Å². The Morgan fingerprint density at radius 3 is 2.19 bits per heavy atom. The third kappa shape index (κ3) is 3.59. The standard InChI is InChI=1S/C14H19F2NO3S/c15-12-8-11(10-18)9-13(14(12)16)21(19,20)17-6-4-2-1-3-5-7-17/h8-9,18H,1-7,10H2. The van der Waals surface area contributed by atoms with Gasteiger partial charge in [0.25, 0.3) is 0 Å². The average molecular weight is 319 g/mol. The van der Waals surface area contributed by atoms with E-state index >= 15 is 0 Å². The Morgan fingerprint density at radius 2 is 1.62 bits per heavy atom. The molecule has 1 aliphatic rings. The van der Waals surface area contributed by atoms with Crippen molar-refractivity contribution in [1.82, 2.24) is 4.31 Å². The summed E-state index contributed by atoms with van der Waals surface area (Å²) in [5.74, 6) is -2.64. The highest BCUT2D eigenvalue weighted by molar-refractivity contribution is 7.89. The molecule has 0 spiro atoms. The van der Waals surface area contributed by atoms with E-state index in [2.05, 4.69) is 0 Å². The van der Waals surface area contributed by atoms with Crippen LogP contribution in [-0.4, -0.2) is 30.9 Å². The summed E-state index contributed by atoms with van der Waals surface area (Å²) in [6.45, 7) is 0.0825. The number of sulfonamides is 1. The average Bonchev–Trinajstić information content (AvgIpc) is 2.40. The van der Waals surface area contributed by atoms with E-state index in [0.29, 0.717) is 25.9 Å². The largest absolute Gasteiger partial charge is 0.392 e. The second kappa shape index (κ2) is 6.81. The molecule has 0 bridgehead atoms. The zero-order valence-corrected chi connectivity index (χ0v) is 12.5. The van der Waals surface area contributed by atoms with E-state index in [1.807, 2.05) is 0 Å². The van der Waals surface area contributed by atoms with Gasteiger partial charge in [0, 0.05) is 13.1 Å². The van der Waals surface area contributed by atoms with E-state index in [1.165, 1.54) is 4.31 Å². The highest BCUT2D eigenvalue weighted by Crippen LogP contribution is 2.25. The molecule has 4 nitrogen and oxygen atoms in total. The molecule has 1 aromatic rings. The van der Waals surface area contributed by atoms with Crippen molar-refractivity contribution in [3.8, 4) is 0 Å². The summed E-state index contributed by atoms with van der Waals surface area (Å²) in [7, 11) is -4.08. The number of aliphatic hydroxyl groups is 1. The van der Waals surface area contributed by atoms with Gasteiger partial charge in [0.2, 0.25) is 10.0 Å². The fourth-order valence-electron chi connectivity index (χ4n) is 2.49. The number of hydrogen-bond donors (Lipinski definition) is 1. The first-order valence-electron chi connectivity index (χ1n) is 7.05. The molecular formula is C14H19F2NO3S. The van der Waals surface area contributed by atoms with Crippen LogP contribution in [-0.2, 0) is 16.6 Å². The molecule has 1 aliphatic heterocycles. The summed E-state index contributed by atoms with van der Waals surface area (Å²) in [5.41, 5.74) is 0.0412. The molecule has 1 saturated heterocycles.